The number of para-hydroxylation sites is 1. The van der Waals surface area contributed by atoms with E-state index in [1.807, 2.05) is 49.1 Å². The molecular formula is C24H26N6O3. The summed E-state index contributed by atoms with van der Waals surface area (Å²) in [4.78, 5) is 29.2. The lowest BCUT2D eigenvalue weighted by Gasteiger charge is -2.34. The maximum atomic E-state index is 12.9. The Labute approximate surface area is 190 Å². The second-order valence-corrected chi connectivity index (χ2v) is 8.37. The summed E-state index contributed by atoms with van der Waals surface area (Å²) >= 11 is 0. The van der Waals surface area contributed by atoms with Crippen molar-refractivity contribution in [1.29, 1.82) is 0 Å². The summed E-state index contributed by atoms with van der Waals surface area (Å²) in [6.45, 7) is 7.74. The van der Waals surface area contributed by atoms with Gasteiger partial charge in [0.25, 0.3) is 11.5 Å². The Morgan fingerprint density at radius 3 is 2.48 bits per heavy atom. The summed E-state index contributed by atoms with van der Waals surface area (Å²) in [6.07, 6.45) is 0. The predicted molar refractivity (Wildman–Crippen MR) is 124 cm³/mol. The molecule has 1 saturated heterocycles. The predicted octanol–water partition coefficient (Wildman–Crippen LogP) is 2.25. The molecule has 9 heteroatoms. The van der Waals surface area contributed by atoms with Crippen LogP contribution in [0.1, 0.15) is 21.9 Å². The maximum Gasteiger partial charge on any atom is 0.289 e. The fraction of sp³-hybridized carbons (Fsp3) is 0.333. The molecule has 9 nitrogen and oxygen atoms in total. The lowest BCUT2D eigenvalue weighted by Crippen LogP contribution is -2.49. The molecule has 1 fully saturated rings. The number of nitrogens with zero attached hydrogens (tertiary/aromatic N) is 6. The van der Waals surface area contributed by atoms with E-state index in [0.29, 0.717) is 37.8 Å². The largest absolute Gasteiger partial charge is 0.451 e. The molecule has 0 N–H and O–H groups in total. The average molecular weight is 447 g/mol. The van der Waals surface area contributed by atoms with Gasteiger partial charge in [-0.25, -0.2) is 9.36 Å². The number of carbonyl (C=O) groups is 1. The third-order valence-corrected chi connectivity index (χ3v) is 6.00. The van der Waals surface area contributed by atoms with Crippen LogP contribution in [0.2, 0.25) is 0 Å². The zero-order valence-corrected chi connectivity index (χ0v) is 18.8. The quantitative estimate of drug-likeness (QED) is 0.467. The van der Waals surface area contributed by atoms with Crippen molar-refractivity contribution >= 4 is 16.9 Å². The fourth-order valence-electron chi connectivity index (χ4n) is 4.23. The van der Waals surface area contributed by atoms with Crippen molar-refractivity contribution in [2.45, 2.75) is 20.4 Å². The van der Waals surface area contributed by atoms with Crippen molar-refractivity contribution in [3.8, 4) is 5.82 Å². The van der Waals surface area contributed by atoms with Gasteiger partial charge in [-0.05, 0) is 38.1 Å². The first-order valence-corrected chi connectivity index (χ1v) is 11.1. The lowest BCUT2D eigenvalue weighted by atomic mass is 10.2. The van der Waals surface area contributed by atoms with Crippen molar-refractivity contribution in [2.24, 2.45) is 0 Å². The second-order valence-electron chi connectivity index (χ2n) is 8.37. The first kappa shape index (κ1) is 21.1. The number of furan rings is 1. The molecular weight excluding hydrogens is 420 g/mol. The summed E-state index contributed by atoms with van der Waals surface area (Å²) < 4.78 is 8.96. The zero-order chi connectivity index (χ0) is 22.9. The van der Waals surface area contributed by atoms with E-state index >= 15 is 0 Å². The van der Waals surface area contributed by atoms with Crippen LogP contribution >= 0.6 is 0 Å². The standard InChI is InChI=1S/C24H26N6O3/c1-17-15-18(2)30(25-17)22-7-8-23(31)29(26-22)14-11-27-9-12-28(13-10-27)24(32)21-16-19-5-3-4-6-20(19)33-21/h3-8,15-16H,9-14H2,1-2H3. The van der Waals surface area contributed by atoms with Crippen molar-refractivity contribution in [1.82, 2.24) is 29.4 Å². The van der Waals surface area contributed by atoms with Crippen LogP contribution in [0.5, 0.6) is 0 Å². The molecule has 33 heavy (non-hydrogen) atoms. The van der Waals surface area contributed by atoms with Gasteiger partial charge >= 0.3 is 0 Å². The number of hydrogen-bond acceptors (Lipinski definition) is 6. The number of amides is 1. The average Bonchev–Trinajstić information content (AvgIpc) is 3.41. The van der Waals surface area contributed by atoms with E-state index in [-0.39, 0.29) is 11.5 Å². The Bertz CT molecular complexity index is 1330. The topological polar surface area (TPSA) is 89.4 Å². The highest BCUT2D eigenvalue weighted by Gasteiger charge is 2.24. The highest BCUT2D eigenvalue weighted by atomic mass is 16.3. The fourth-order valence-corrected chi connectivity index (χ4v) is 4.23. The Kier molecular flexibility index (Phi) is 5.55. The molecule has 1 aliphatic heterocycles. The first-order chi connectivity index (χ1) is 16.0. The molecule has 1 amide bonds. The third-order valence-electron chi connectivity index (χ3n) is 6.00. The molecule has 4 heterocycles. The van der Waals surface area contributed by atoms with E-state index in [1.54, 1.807) is 16.8 Å². The molecule has 0 unspecified atom stereocenters. The number of benzene rings is 1. The van der Waals surface area contributed by atoms with E-state index in [0.717, 1.165) is 35.4 Å². The molecule has 1 aliphatic rings. The van der Waals surface area contributed by atoms with E-state index < -0.39 is 0 Å². The van der Waals surface area contributed by atoms with Crippen LogP contribution < -0.4 is 5.56 Å². The van der Waals surface area contributed by atoms with E-state index in [4.69, 9.17) is 4.42 Å². The molecule has 0 radical (unpaired) electrons. The third kappa shape index (κ3) is 4.31. The second kappa shape index (κ2) is 8.67. The smallest absolute Gasteiger partial charge is 0.289 e. The van der Waals surface area contributed by atoms with Crippen LogP contribution in [0.15, 0.2) is 57.7 Å². The van der Waals surface area contributed by atoms with Crippen molar-refractivity contribution < 1.29 is 9.21 Å². The molecule has 0 atom stereocenters. The van der Waals surface area contributed by atoms with Crippen LogP contribution in [0, 0.1) is 13.8 Å². The molecule has 3 aromatic heterocycles. The van der Waals surface area contributed by atoms with Gasteiger partial charge < -0.3 is 9.32 Å². The van der Waals surface area contributed by atoms with Crippen molar-refractivity contribution in [3.63, 3.8) is 0 Å². The van der Waals surface area contributed by atoms with Gasteiger partial charge in [0.2, 0.25) is 0 Å². The SMILES string of the molecule is Cc1cc(C)n(-c2ccc(=O)n(CCN3CCN(C(=O)c4cc5ccccc5o4)CC3)n2)n1. The van der Waals surface area contributed by atoms with E-state index in [1.165, 1.54) is 10.7 Å². The highest BCUT2D eigenvalue weighted by Crippen LogP contribution is 2.20. The lowest BCUT2D eigenvalue weighted by molar-refractivity contribution is 0.0603. The van der Waals surface area contributed by atoms with Crippen LogP contribution in [0.3, 0.4) is 0 Å². The van der Waals surface area contributed by atoms with Gasteiger partial charge in [-0.2, -0.15) is 5.10 Å². The molecule has 5 rings (SSSR count). The molecule has 4 aromatic rings. The van der Waals surface area contributed by atoms with Crippen molar-refractivity contribution in [2.75, 3.05) is 32.7 Å². The molecule has 0 saturated carbocycles. The molecule has 170 valence electrons. The summed E-state index contributed by atoms with van der Waals surface area (Å²) in [5.74, 6) is 0.921. The van der Waals surface area contributed by atoms with Crippen molar-refractivity contribution in [3.05, 3.63) is 76.0 Å². The Balaban J connectivity index is 1.19. The van der Waals surface area contributed by atoms with Gasteiger partial charge in [-0.3, -0.25) is 14.5 Å². The molecule has 0 bridgehead atoms. The summed E-state index contributed by atoms with van der Waals surface area (Å²) in [5, 5.41) is 9.88. The van der Waals surface area contributed by atoms with Crippen LogP contribution in [-0.4, -0.2) is 68.0 Å². The van der Waals surface area contributed by atoms with Gasteiger partial charge in [0.1, 0.15) is 5.58 Å². The summed E-state index contributed by atoms with van der Waals surface area (Å²) in [7, 11) is 0. The number of carbonyl (C=O) groups excluding carboxylic acids is 1. The maximum absolute atomic E-state index is 12.9. The Morgan fingerprint density at radius 2 is 1.76 bits per heavy atom. The first-order valence-electron chi connectivity index (χ1n) is 11.1. The normalized spacial score (nSPS) is 14.8. The van der Waals surface area contributed by atoms with Gasteiger partial charge in [-0.1, -0.05) is 18.2 Å². The van der Waals surface area contributed by atoms with Crippen LogP contribution in [0.4, 0.5) is 0 Å². The minimum atomic E-state index is -0.140. The number of piperazine rings is 1. The minimum Gasteiger partial charge on any atom is -0.451 e. The van der Waals surface area contributed by atoms with Gasteiger partial charge in [0.05, 0.1) is 12.2 Å². The minimum absolute atomic E-state index is 0.0821. The molecule has 0 aliphatic carbocycles. The molecule has 1 aromatic carbocycles. The number of aromatic nitrogens is 4. The Morgan fingerprint density at radius 1 is 0.970 bits per heavy atom. The summed E-state index contributed by atoms with van der Waals surface area (Å²) in [6, 6.07) is 14.6. The van der Waals surface area contributed by atoms with E-state index in [2.05, 4.69) is 15.1 Å². The van der Waals surface area contributed by atoms with Gasteiger partial charge in [0, 0.05) is 49.9 Å². The summed E-state index contributed by atoms with van der Waals surface area (Å²) in [5.41, 5.74) is 2.46. The van der Waals surface area contributed by atoms with Crippen LogP contribution in [-0.2, 0) is 6.54 Å². The van der Waals surface area contributed by atoms with E-state index in [9.17, 15) is 9.59 Å². The zero-order valence-electron chi connectivity index (χ0n) is 18.8. The monoisotopic (exact) mass is 446 g/mol. The van der Waals surface area contributed by atoms with Crippen LogP contribution in [0.25, 0.3) is 16.8 Å². The van der Waals surface area contributed by atoms with Gasteiger partial charge in [0.15, 0.2) is 11.6 Å². The van der Waals surface area contributed by atoms with Gasteiger partial charge in [-0.15, -0.1) is 5.10 Å². The number of fused-ring (bicyclic) bond motifs is 1. The number of rotatable bonds is 5. The molecule has 0 spiro atoms. The number of hydrogen-bond donors (Lipinski definition) is 0. The highest BCUT2D eigenvalue weighted by molar-refractivity contribution is 5.96. The Hall–Kier alpha value is -3.72. The number of aryl methyl sites for hydroxylation is 2.